The van der Waals surface area contributed by atoms with Gasteiger partial charge in [0, 0.05) is 14.2 Å². The smallest absolute Gasteiger partial charge is 0.363 e. The van der Waals surface area contributed by atoms with E-state index in [1.807, 2.05) is 50.2 Å². The lowest BCUT2D eigenvalue weighted by molar-refractivity contribution is -0.129. The number of carbonyl (C=O) groups excluding carboxylic acids is 1. The Balaban J connectivity index is 1.61. The molecule has 0 saturated heterocycles. The maximum absolute atomic E-state index is 12.5. The van der Waals surface area contributed by atoms with Gasteiger partial charge in [0.25, 0.3) is 0 Å². The Morgan fingerprint density at radius 3 is 2.65 bits per heavy atom. The number of rotatable bonds is 7. The first-order valence-corrected chi connectivity index (χ1v) is 12.3. The number of esters is 1. The van der Waals surface area contributed by atoms with Crippen molar-refractivity contribution >= 4 is 63.7 Å². The van der Waals surface area contributed by atoms with Crippen LogP contribution in [0.2, 0.25) is 10.0 Å². The van der Waals surface area contributed by atoms with E-state index in [0.717, 1.165) is 20.3 Å². The third kappa shape index (κ3) is 5.74. The van der Waals surface area contributed by atoms with E-state index in [0.29, 0.717) is 33.7 Å². The van der Waals surface area contributed by atoms with Crippen LogP contribution in [0.3, 0.4) is 0 Å². The number of aryl methyl sites for hydroxylation is 1. The van der Waals surface area contributed by atoms with Gasteiger partial charge in [0.05, 0.1) is 11.6 Å². The Kier molecular flexibility index (Phi) is 7.80. The molecule has 8 heteroatoms. The summed E-state index contributed by atoms with van der Waals surface area (Å²) in [6.45, 7) is 4.55. The topological polar surface area (TPSA) is 57.1 Å². The van der Waals surface area contributed by atoms with Gasteiger partial charge >= 0.3 is 5.97 Å². The van der Waals surface area contributed by atoms with Crippen LogP contribution in [0.25, 0.3) is 6.08 Å². The number of cyclic esters (lactones) is 1. The number of hydrogen-bond donors (Lipinski definition) is 0. The minimum Gasteiger partial charge on any atom is -0.490 e. The number of benzene rings is 3. The minimum atomic E-state index is -0.526. The van der Waals surface area contributed by atoms with Crippen molar-refractivity contribution in [3.05, 3.63) is 96.2 Å². The molecule has 1 aliphatic rings. The van der Waals surface area contributed by atoms with Crippen molar-refractivity contribution in [3.8, 4) is 11.5 Å². The second kappa shape index (κ2) is 10.8. The van der Waals surface area contributed by atoms with Gasteiger partial charge < -0.3 is 14.2 Å². The molecule has 1 heterocycles. The lowest BCUT2D eigenvalue weighted by atomic mass is 10.1. The summed E-state index contributed by atoms with van der Waals surface area (Å²) in [5.41, 5.74) is 3.54. The van der Waals surface area contributed by atoms with E-state index < -0.39 is 5.97 Å². The van der Waals surface area contributed by atoms with E-state index in [1.54, 1.807) is 24.3 Å². The number of carbonyl (C=O) groups is 1. The molecular weight excluding hydrogens is 588 g/mol. The first-order valence-electron chi connectivity index (χ1n) is 10.5. The van der Waals surface area contributed by atoms with Crippen LogP contribution < -0.4 is 9.47 Å². The highest BCUT2D eigenvalue weighted by Gasteiger charge is 2.25. The normalized spacial score (nSPS) is 14.2. The lowest BCUT2D eigenvalue weighted by Gasteiger charge is -2.14. The number of aliphatic imine (C=N–C) groups is 1. The summed E-state index contributed by atoms with van der Waals surface area (Å²) < 4.78 is 18.2. The van der Waals surface area contributed by atoms with Crippen molar-refractivity contribution in [2.45, 2.75) is 20.5 Å². The summed E-state index contributed by atoms with van der Waals surface area (Å²) in [5.74, 6) is 0.626. The molecule has 0 atom stereocenters. The Bertz CT molecular complexity index is 1320. The van der Waals surface area contributed by atoms with E-state index in [9.17, 15) is 4.79 Å². The molecule has 0 N–H and O–H groups in total. The summed E-state index contributed by atoms with van der Waals surface area (Å²) in [4.78, 5) is 16.9. The van der Waals surface area contributed by atoms with Crippen molar-refractivity contribution < 1.29 is 19.0 Å². The standard InChI is InChI=1S/C26H20Cl2INO4/c1-3-32-23-13-17(11-20(28)24(23)33-14-16-5-4-6-19(27)10-16)12-22-26(31)34-25(30-22)18-7-8-21(29)15(2)9-18/h4-13H,3,14H2,1-2H3/b22-12-. The van der Waals surface area contributed by atoms with Gasteiger partial charge in [-0.3, -0.25) is 0 Å². The van der Waals surface area contributed by atoms with Gasteiger partial charge in [-0.05, 0) is 102 Å². The van der Waals surface area contributed by atoms with E-state index >= 15 is 0 Å². The molecule has 34 heavy (non-hydrogen) atoms. The van der Waals surface area contributed by atoms with Crippen LogP contribution >= 0.6 is 45.8 Å². The summed E-state index contributed by atoms with van der Waals surface area (Å²) in [5, 5.41) is 0.978. The van der Waals surface area contributed by atoms with Crippen molar-refractivity contribution in [2.75, 3.05) is 6.61 Å². The highest BCUT2D eigenvalue weighted by molar-refractivity contribution is 14.1. The van der Waals surface area contributed by atoms with Crippen LogP contribution in [0.4, 0.5) is 0 Å². The molecule has 5 nitrogen and oxygen atoms in total. The highest BCUT2D eigenvalue weighted by Crippen LogP contribution is 2.38. The largest absolute Gasteiger partial charge is 0.490 e. The fourth-order valence-electron chi connectivity index (χ4n) is 3.32. The highest BCUT2D eigenvalue weighted by atomic mass is 127. The third-order valence-corrected chi connectivity index (χ3v) is 6.66. The maximum Gasteiger partial charge on any atom is 0.363 e. The number of ether oxygens (including phenoxy) is 3. The van der Waals surface area contributed by atoms with E-state index in [1.165, 1.54) is 0 Å². The zero-order valence-corrected chi connectivity index (χ0v) is 22.1. The maximum atomic E-state index is 12.5. The van der Waals surface area contributed by atoms with Crippen molar-refractivity contribution in [1.82, 2.24) is 0 Å². The summed E-state index contributed by atoms with van der Waals surface area (Å²) in [6.07, 6.45) is 1.62. The van der Waals surface area contributed by atoms with Crippen LogP contribution in [0, 0.1) is 10.5 Å². The van der Waals surface area contributed by atoms with Crippen LogP contribution in [-0.2, 0) is 16.1 Å². The molecule has 174 valence electrons. The monoisotopic (exact) mass is 607 g/mol. The predicted octanol–water partition coefficient (Wildman–Crippen LogP) is 7.23. The third-order valence-electron chi connectivity index (χ3n) is 4.93. The van der Waals surface area contributed by atoms with Crippen molar-refractivity contribution in [3.63, 3.8) is 0 Å². The van der Waals surface area contributed by atoms with Crippen LogP contribution in [0.5, 0.6) is 11.5 Å². The van der Waals surface area contributed by atoms with Gasteiger partial charge in [0.1, 0.15) is 6.61 Å². The molecule has 0 spiro atoms. The molecule has 4 rings (SSSR count). The fourth-order valence-corrected chi connectivity index (χ4v) is 4.15. The second-order valence-electron chi connectivity index (χ2n) is 7.48. The number of hydrogen-bond acceptors (Lipinski definition) is 5. The Morgan fingerprint density at radius 1 is 1.09 bits per heavy atom. The molecule has 0 bridgehead atoms. The summed E-state index contributed by atoms with van der Waals surface area (Å²) in [6, 6.07) is 16.6. The van der Waals surface area contributed by atoms with Crippen LogP contribution in [-0.4, -0.2) is 18.5 Å². The Morgan fingerprint density at radius 2 is 1.91 bits per heavy atom. The lowest BCUT2D eigenvalue weighted by Crippen LogP contribution is -2.05. The molecule has 3 aromatic rings. The quantitative estimate of drug-likeness (QED) is 0.162. The van der Waals surface area contributed by atoms with Crippen LogP contribution in [0.15, 0.2) is 65.3 Å². The SMILES string of the molecule is CCOc1cc(/C=C2\N=C(c3ccc(I)c(C)c3)OC2=O)cc(Cl)c1OCc1cccc(Cl)c1. The average Bonchev–Trinajstić information content (AvgIpc) is 3.15. The summed E-state index contributed by atoms with van der Waals surface area (Å²) >= 11 is 14.8. The Hall–Kier alpha value is -2.55. The molecule has 0 amide bonds. The molecule has 0 radical (unpaired) electrons. The molecule has 0 fully saturated rings. The van der Waals surface area contributed by atoms with Gasteiger partial charge in [-0.15, -0.1) is 0 Å². The van der Waals surface area contributed by atoms with Gasteiger partial charge in [-0.2, -0.15) is 0 Å². The van der Waals surface area contributed by atoms with Crippen molar-refractivity contribution in [1.29, 1.82) is 0 Å². The first-order chi connectivity index (χ1) is 16.3. The van der Waals surface area contributed by atoms with Gasteiger partial charge in [-0.1, -0.05) is 35.3 Å². The number of nitrogens with zero attached hydrogens (tertiary/aromatic N) is 1. The van der Waals surface area contributed by atoms with Crippen LogP contribution in [0.1, 0.15) is 29.2 Å². The molecule has 0 unspecified atom stereocenters. The zero-order chi connectivity index (χ0) is 24.2. The summed E-state index contributed by atoms with van der Waals surface area (Å²) in [7, 11) is 0. The molecule has 0 aliphatic carbocycles. The zero-order valence-electron chi connectivity index (χ0n) is 18.4. The van der Waals surface area contributed by atoms with Gasteiger partial charge in [0.15, 0.2) is 17.2 Å². The van der Waals surface area contributed by atoms with E-state index in [-0.39, 0.29) is 18.2 Å². The molecule has 1 aliphatic heterocycles. The number of halogens is 3. The molecule has 0 aromatic heterocycles. The predicted molar refractivity (Wildman–Crippen MR) is 143 cm³/mol. The fraction of sp³-hybridized carbons (Fsp3) is 0.154. The van der Waals surface area contributed by atoms with Crippen molar-refractivity contribution in [2.24, 2.45) is 4.99 Å². The Labute approximate surface area is 221 Å². The molecule has 0 saturated carbocycles. The molecular formula is C26H20Cl2INO4. The minimum absolute atomic E-state index is 0.178. The van der Waals surface area contributed by atoms with Gasteiger partial charge in [-0.25, -0.2) is 9.79 Å². The average molecular weight is 608 g/mol. The second-order valence-corrected chi connectivity index (χ2v) is 9.49. The van der Waals surface area contributed by atoms with E-state index in [2.05, 4.69) is 27.6 Å². The van der Waals surface area contributed by atoms with Gasteiger partial charge in [0.2, 0.25) is 5.90 Å². The van der Waals surface area contributed by atoms with E-state index in [4.69, 9.17) is 37.4 Å². The first kappa shape index (κ1) is 24.6. The molecule has 3 aromatic carbocycles.